The maximum absolute atomic E-state index is 13.1. The average Bonchev–Trinajstić information content (AvgIpc) is 2.84. The number of nitrogens with zero attached hydrogens (tertiary/aromatic N) is 3. The summed E-state index contributed by atoms with van der Waals surface area (Å²) in [5, 5.41) is 14.3. The van der Waals surface area contributed by atoms with Gasteiger partial charge in [0.2, 0.25) is 10.0 Å². The molecule has 2 aromatic carbocycles. The molecule has 10 heteroatoms. The summed E-state index contributed by atoms with van der Waals surface area (Å²) in [6.07, 6.45) is 2.80. The third-order valence-electron chi connectivity index (χ3n) is 6.30. The van der Waals surface area contributed by atoms with Crippen molar-refractivity contribution in [3.63, 3.8) is 0 Å². The number of piperidine rings is 1. The van der Waals surface area contributed by atoms with Crippen LogP contribution in [0.15, 0.2) is 42.5 Å². The van der Waals surface area contributed by atoms with E-state index in [9.17, 15) is 18.0 Å². The lowest BCUT2D eigenvalue weighted by molar-refractivity contribution is 0.0713. The molecular weight excluding hydrogens is 466 g/mol. The zero-order valence-corrected chi connectivity index (χ0v) is 21.1. The fourth-order valence-electron chi connectivity index (χ4n) is 3.98. The summed E-state index contributed by atoms with van der Waals surface area (Å²) in [5.41, 5.74) is 3.66. The molecule has 9 nitrogen and oxygen atoms in total. The van der Waals surface area contributed by atoms with Crippen LogP contribution in [0.3, 0.4) is 0 Å². The summed E-state index contributed by atoms with van der Waals surface area (Å²) in [7, 11) is -1.86. The Morgan fingerprint density at radius 1 is 1.14 bits per heavy atom. The second-order valence-electron chi connectivity index (χ2n) is 8.80. The van der Waals surface area contributed by atoms with Crippen molar-refractivity contribution in [3.05, 3.63) is 64.7 Å². The van der Waals surface area contributed by atoms with Gasteiger partial charge in [0.15, 0.2) is 0 Å². The number of benzene rings is 2. The Bertz CT molecular complexity index is 1210. The first kappa shape index (κ1) is 26.2. The van der Waals surface area contributed by atoms with E-state index in [0.717, 1.165) is 29.0 Å². The van der Waals surface area contributed by atoms with Crippen LogP contribution in [0, 0.1) is 18.3 Å². The first-order chi connectivity index (χ1) is 16.6. The number of aryl methyl sites for hydroxylation is 1. The highest BCUT2D eigenvalue weighted by atomic mass is 32.2. The van der Waals surface area contributed by atoms with Crippen LogP contribution in [-0.4, -0.2) is 69.0 Å². The molecule has 0 aliphatic carbocycles. The third kappa shape index (κ3) is 7.04. The second kappa shape index (κ2) is 11.3. The van der Waals surface area contributed by atoms with E-state index in [2.05, 4.69) is 16.7 Å². The number of carbonyl (C=O) groups is 2. The third-order valence-corrected chi connectivity index (χ3v) is 7.62. The topological polar surface area (TPSA) is 123 Å². The van der Waals surface area contributed by atoms with Gasteiger partial charge in [0, 0.05) is 44.5 Å². The lowest BCUT2D eigenvalue weighted by Gasteiger charge is -2.32. The van der Waals surface area contributed by atoms with Crippen LogP contribution in [-0.2, 0) is 10.0 Å². The summed E-state index contributed by atoms with van der Waals surface area (Å²) < 4.78 is 24.0. The average molecular weight is 498 g/mol. The Morgan fingerprint density at radius 2 is 1.80 bits per heavy atom. The number of rotatable bonds is 7. The van der Waals surface area contributed by atoms with E-state index in [-0.39, 0.29) is 19.0 Å². The summed E-state index contributed by atoms with van der Waals surface area (Å²) in [5.74, 6) is 0.272. The Labute approximate surface area is 206 Å². The maximum atomic E-state index is 13.1. The van der Waals surface area contributed by atoms with E-state index in [1.807, 2.05) is 36.1 Å². The van der Waals surface area contributed by atoms with Gasteiger partial charge >= 0.3 is 6.03 Å². The van der Waals surface area contributed by atoms with Crippen LogP contribution in [0.25, 0.3) is 0 Å². The SMILES string of the molecule is Cc1ccc(C(=O)N2CCC(c3ccc(C#N)cc3)CC2)cc1NC(=O)NCCN(C)S(C)(=O)=O. The van der Waals surface area contributed by atoms with Gasteiger partial charge in [-0.3, -0.25) is 4.79 Å². The predicted octanol–water partition coefficient (Wildman–Crippen LogP) is 2.90. The van der Waals surface area contributed by atoms with Crippen molar-refractivity contribution in [2.75, 3.05) is 44.8 Å². The minimum atomic E-state index is -3.31. The maximum Gasteiger partial charge on any atom is 0.319 e. The van der Waals surface area contributed by atoms with Gasteiger partial charge in [-0.2, -0.15) is 5.26 Å². The molecule has 0 aromatic heterocycles. The zero-order chi connectivity index (χ0) is 25.6. The van der Waals surface area contributed by atoms with Gasteiger partial charge in [0.05, 0.1) is 17.9 Å². The molecule has 35 heavy (non-hydrogen) atoms. The molecule has 1 aliphatic rings. The molecule has 0 atom stereocenters. The normalized spacial score (nSPS) is 14.4. The number of carbonyl (C=O) groups excluding carboxylic acids is 2. The number of hydrogen-bond acceptors (Lipinski definition) is 5. The lowest BCUT2D eigenvalue weighted by Crippen LogP contribution is -2.38. The first-order valence-electron chi connectivity index (χ1n) is 11.4. The summed E-state index contributed by atoms with van der Waals surface area (Å²) in [4.78, 5) is 27.2. The van der Waals surface area contributed by atoms with Gasteiger partial charge in [-0.05, 0) is 61.1 Å². The Morgan fingerprint density at radius 3 is 2.40 bits per heavy atom. The van der Waals surface area contributed by atoms with Crippen molar-refractivity contribution in [3.8, 4) is 6.07 Å². The monoisotopic (exact) mass is 497 g/mol. The van der Waals surface area contributed by atoms with E-state index < -0.39 is 16.1 Å². The largest absolute Gasteiger partial charge is 0.339 e. The molecule has 2 aromatic rings. The smallest absolute Gasteiger partial charge is 0.319 e. The van der Waals surface area contributed by atoms with Crippen LogP contribution in [0.1, 0.15) is 45.8 Å². The fourth-order valence-corrected chi connectivity index (χ4v) is 4.40. The summed E-state index contributed by atoms with van der Waals surface area (Å²) in [6, 6.07) is 14.5. The van der Waals surface area contributed by atoms with Crippen molar-refractivity contribution < 1.29 is 18.0 Å². The Kier molecular flexibility index (Phi) is 8.48. The van der Waals surface area contributed by atoms with Crippen molar-refractivity contribution in [1.29, 1.82) is 5.26 Å². The van der Waals surface area contributed by atoms with Gasteiger partial charge in [-0.1, -0.05) is 18.2 Å². The molecule has 0 radical (unpaired) electrons. The van der Waals surface area contributed by atoms with Crippen LogP contribution in [0.5, 0.6) is 0 Å². The first-order valence-corrected chi connectivity index (χ1v) is 13.3. The minimum absolute atomic E-state index is 0.0819. The van der Waals surface area contributed by atoms with Crippen molar-refractivity contribution in [2.45, 2.75) is 25.7 Å². The molecule has 2 N–H and O–H groups in total. The zero-order valence-electron chi connectivity index (χ0n) is 20.2. The molecule has 1 aliphatic heterocycles. The number of likely N-dealkylation sites (tertiary alicyclic amines) is 1. The van der Waals surface area contributed by atoms with Crippen molar-refractivity contribution in [1.82, 2.24) is 14.5 Å². The molecule has 3 rings (SSSR count). The number of nitrogens with one attached hydrogen (secondary N) is 2. The van der Waals surface area contributed by atoms with Gasteiger partial charge in [0.1, 0.15) is 0 Å². The molecule has 1 fully saturated rings. The molecular formula is C25H31N5O4S. The van der Waals surface area contributed by atoms with Gasteiger partial charge in [-0.25, -0.2) is 17.5 Å². The molecule has 1 saturated heterocycles. The number of amides is 3. The van der Waals surface area contributed by atoms with Crippen molar-refractivity contribution >= 4 is 27.6 Å². The summed E-state index contributed by atoms with van der Waals surface area (Å²) in [6.45, 7) is 3.41. The number of likely N-dealkylation sites (N-methyl/N-ethyl adjacent to an activating group) is 1. The predicted molar refractivity (Wildman–Crippen MR) is 135 cm³/mol. The minimum Gasteiger partial charge on any atom is -0.339 e. The van der Waals surface area contributed by atoms with E-state index >= 15 is 0 Å². The van der Waals surface area contributed by atoms with Crippen LogP contribution in [0.2, 0.25) is 0 Å². The van der Waals surface area contributed by atoms with Crippen LogP contribution < -0.4 is 10.6 Å². The number of anilines is 1. The molecule has 186 valence electrons. The molecule has 3 amide bonds. The lowest BCUT2D eigenvalue weighted by atomic mass is 9.89. The van der Waals surface area contributed by atoms with Gasteiger partial charge in [-0.15, -0.1) is 0 Å². The molecule has 0 unspecified atom stereocenters. The highest BCUT2D eigenvalue weighted by molar-refractivity contribution is 7.88. The van der Waals surface area contributed by atoms with E-state index in [4.69, 9.17) is 5.26 Å². The van der Waals surface area contributed by atoms with E-state index in [1.54, 1.807) is 18.2 Å². The number of urea groups is 1. The number of hydrogen-bond donors (Lipinski definition) is 2. The quantitative estimate of drug-likeness (QED) is 0.609. The highest BCUT2D eigenvalue weighted by Crippen LogP contribution is 2.29. The van der Waals surface area contributed by atoms with Crippen LogP contribution >= 0.6 is 0 Å². The van der Waals surface area contributed by atoms with E-state index in [0.29, 0.717) is 35.8 Å². The number of nitriles is 1. The standard InChI is InChI=1S/C25H31N5O4S/c1-18-4-7-22(16-23(18)28-25(32)27-12-15-29(2)35(3,33)34)24(31)30-13-10-21(11-14-30)20-8-5-19(17-26)6-9-20/h4-9,16,21H,10-15H2,1-3H3,(H2,27,28,32). The van der Waals surface area contributed by atoms with Crippen molar-refractivity contribution in [2.24, 2.45) is 0 Å². The number of sulfonamides is 1. The fraction of sp³-hybridized carbons (Fsp3) is 0.400. The summed E-state index contributed by atoms with van der Waals surface area (Å²) >= 11 is 0. The second-order valence-corrected chi connectivity index (χ2v) is 10.9. The molecule has 0 saturated carbocycles. The Balaban J connectivity index is 1.56. The molecule has 1 heterocycles. The highest BCUT2D eigenvalue weighted by Gasteiger charge is 2.25. The van der Waals surface area contributed by atoms with Crippen LogP contribution in [0.4, 0.5) is 10.5 Å². The molecule has 0 bridgehead atoms. The van der Waals surface area contributed by atoms with E-state index in [1.165, 1.54) is 12.6 Å². The Hall–Kier alpha value is -3.42. The van der Waals surface area contributed by atoms with Gasteiger partial charge in [0.25, 0.3) is 5.91 Å². The van der Waals surface area contributed by atoms with Gasteiger partial charge < -0.3 is 15.5 Å². The molecule has 0 spiro atoms.